The highest BCUT2D eigenvalue weighted by Gasteiger charge is 2.11. The van der Waals surface area contributed by atoms with Crippen molar-refractivity contribution in [1.29, 1.82) is 0 Å². The number of hydrogen-bond acceptors (Lipinski definition) is 3. The third kappa shape index (κ3) is 4.67. The van der Waals surface area contributed by atoms with E-state index in [-0.39, 0.29) is 12.1 Å². The first-order valence-corrected chi connectivity index (χ1v) is 6.62. The molecule has 3 nitrogen and oxygen atoms in total. The molecule has 0 spiro atoms. The zero-order valence-corrected chi connectivity index (χ0v) is 12.2. The standard InChI is InChI=1S/C15H26N2O/c1-11(2)17(5)10-15(16)13-6-8-14(9-7-13)18-12(3)4/h6-9,11-12,15H,10,16H2,1-5H3. The molecular weight excluding hydrogens is 224 g/mol. The second-order valence-electron chi connectivity index (χ2n) is 5.38. The Balaban J connectivity index is 2.61. The van der Waals surface area contributed by atoms with Gasteiger partial charge in [-0.25, -0.2) is 0 Å². The normalized spacial score (nSPS) is 13.4. The van der Waals surface area contributed by atoms with Gasteiger partial charge >= 0.3 is 0 Å². The molecule has 0 aliphatic carbocycles. The third-order valence-electron chi connectivity index (χ3n) is 3.05. The molecule has 3 heteroatoms. The van der Waals surface area contributed by atoms with Crippen molar-refractivity contribution in [2.75, 3.05) is 13.6 Å². The third-order valence-corrected chi connectivity index (χ3v) is 3.05. The molecule has 1 aromatic rings. The number of nitrogens with two attached hydrogens (primary N) is 1. The molecule has 1 unspecified atom stereocenters. The molecule has 0 aromatic heterocycles. The quantitative estimate of drug-likeness (QED) is 0.843. The van der Waals surface area contributed by atoms with Crippen LogP contribution in [0.2, 0.25) is 0 Å². The van der Waals surface area contributed by atoms with Gasteiger partial charge in [0.05, 0.1) is 6.10 Å². The molecule has 0 fully saturated rings. The van der Waals surface area contributed by atoms with Crippen molar-refractivity contribution >= 4 is 0 Å². The number of hydrogen-bond donors (Lipinski definition) is 1. The molecular formula is C15H26N2O. The van der Waals surface area contributed by atoms with Crippen LogP contribution < -0.4 is 10.5 Å². The van der Waals surface area contributed by atoms with Crippen molar-refractivity contribution in [3.05, 3.63) is 29.8 Å². The molecule has 0 saturated carbocycles. The molecule has 0 aliphatic heterocycles. The minimum Gasteiger partial charge on any atom is -0.491 e. The van der Waals surface area contributed by atoms with Crippen molar-refractivity contribution < 1.29 is 4.74 Å². The Labute approximate surface area is 111 Å². The molecule has 0 bridgehead atoms. The van der Waals surface area contributed by atoms with Crippen LogP contribution in [0.15, 0.2) is 24.3 Å². The Hall–Kier alpha value is -1.06. The first-order valence-electron chi connectivity index (χ1n) is 6.62. The van der Waals surface area contributed by atoms with E-state index < -0.39 is 0 Å². The minimum atomic E-state index is 0.0468. The van der Waals surface area contributed by atoms with Gasteiger partial charge in [0, 0.05) is 18.6 Å². The summed E-state index contributed by atoms with van der Waals surface area (Å²) in [6.45, 7) is 9.26. The van der Waals surface area contributed by atoms with Gasteiger partial charge in [0.25, 0.3) is 0 Å². The number of likely N-dealkylation sites (N-methyl/N-ethyl adjacent to an activating group) is 1. The average Bonchev–Trinajstić information content (AvgIpc) is 2.28. The maximum Gasteiger partial charge on any atom is 0.119 e. The Morgan fingerprint density at radius 1 is 1.11 bits per heavy atom. The molecule has 0 heterocycles. The second kappa shape index (κ2) is 6.76. The summed E-state index contributed by atoms with van der Waals surface area (Å²) in [5.41, 5.74) is 7.35. The van der Waals surface area contributed by atoms with E-state index in [1.54, 1.807) is 0 Å². The number of nitrogens with zero attached hydrogens (tertiary/aromatic N) is 1. The zero-order valence-electron chi connectivity index (χ0n) is 12.2. The van der Waals surface area contributed by atoms with Gasteiger partial charge in [-0.2, -0.15) is 0 Å². The van der Waals surface area contributed by atoms with Crippen LogP contribution >= 0.6 is 0 Å². The molecule has 0 radical (unpaired) electrons. The fraction of sp³-hybridized carbons (Fsp3) is 0.600. The van der Waals surface area contributed by atoms with Crippen LogP contribution in [-0.4, -0.2) is 30.6 Å². The second-order valence-corrected chi connectivity index (χ2v) is 5.38. The van der Waals surface area contributed by atoms with E-state index in [0.717, 1.165) is 17.9 Å². The van der Waals surface area contributed by atoms with E-state index in [1.807, 2.05) is 26.0 Å². The fourth-order valence-electron chi connectivity index (χ4n) is 1.69. The van der Waals surface area contributed by atoms with E-state index in [1.165, 1.54) is 0 Å². The molecule has 1 aromatic carbocycles. The summed E-state index contributed by atoms with van der Waals surface area (Å²) in [5, 5.41) is 0. The van der Waals surface area contributed by atoms with Crippen LogP contribution in [0.25, 0.3) is 0 Å². The lowest BCUT2D eigenvalue weighted by atomic mass is 10.1. The van der Waals surface area contributed by atoms with E-state index in [4.69, 9.17) is 10.5 Å². The molecule has 1 atom stereocenters. The molecule has 18 heavy (non-hydrogen) atoms. The van der Waals surface area contributed by atoms with E-state index >= 15 is 0 Å². The highest BCUT2D eigenvalue weighted by molar-refractivity contribution is 5.29. The van der Waals surface area contributed by atoms with E-state index in [2.05, 4.69) is 37.9 Å². The summed E-state index contributed by atoms with van der Waals surface area (Å²) >= 11 is 0. The van der Waals surface area contributed by atoms with Crippen molar-refractivity contribution in [1.82, 2.24) is 4.90 Å². The van der Waals surface area contributed by atoms with Crippen LogP contribution in [0.3, 0.4) is 0 Å². The van der Waals surface area contributed by atoms with Gasteiger partial charge in [0.15, 0.2) is 0 Å². The summed E-state index contributed by atoms with van der Waals surface area (Å²) in [6.07, 6.45) is 0.205. The molecule has 1 rings (SSSR count). The zero-order chi connectivity index (χ0) is 13.7. The predicted molar refractivity (Wildman–Crippen MR) is 76.9 cm³/mol. The molecule has 0 amide bonds. The molecule has 102 valence electrons. The Morgan fingerprint density at radius 3 is 2.11 bits per heavy atom. The van der Waals surface area contributed by atoms with Crippen molar-refractivity contribution in [3.8, 4) is 5.75 Å². The van der Waals surface area contributed by atoms with Crippen LogP contribution in [0.4, 0.5) is 0 Å². The van der Waals surface area contributed by atoms with Crippen molar-refractivity contribution in [3.63, 3.8) is 0 Å². The number of ether oxygens (including phenoxy) is 1. The van der Waals surface area contributed by atoms with Gasteiger partial charge in [-0.15, -0.1) is 0 Å². The maximum atomic E-state index is 6.20. The van der Waals surface area contributed by atoms with Crippen LogP contribution in [0.1, 0.15) is 39.3 Å². The lowest BCUT2D eigenvalue weighted by molar-refractivity contribution is 0.242. The van der Waals surface area contributed by atoms with E-state index in [9.17, 15) is 0 Å². The lowest BCUT2D eigenvalue weighted by Gasteiger charge is -2.25. The first kappa shape index (κ1) is 15.0. The van der Waals surface area contributed by atoms with Crippen LogP contribution in [0, 0.1) is 0 Å². The highest BCUT2D eigenvalue weighted by atomic mass is 16.5. The Bertz CT molecular complexity index is 346. The predicted octanol–water partition coefficient (Wildman–Crippen LogP) is 2.81. The molecule has 0 saturated heterocycles. The van der Waals surface area contributed by atoms with Crippen LogP contribution in [-0.2, 0) is 0 Å². The maximum absolute atomic E-state index is 6.20. The molecule has 0 aliphatic rings. The van der Waals surface area contributed by atoms with Gasteiger partial charge in [-0.05, 0) is 52.4 Å². The minimum absolute atomic E-state index is 0.0468. The van der Waals surface area contributed by atoms with Gasteiger partial charge in [-0.1, -0.05) is 12.1 Å². The Kier molecular flexibility index (Phi) is 5.63. The summed E-state index contributed by atoms with van der Waals surface area (Å²) < 4.78 is 5.62. The largest absolute Gasteiger partial charge is 0.491 e. The number of benzene rings is 1. The molecule has 2 N–H and O–H groups in total. The summed E-state index contributed by atoms with van der Waals surface area (Å²) in [7, 11) is 2.10. The summed E-state index contributed by atoms with van der Waals surface area (Å²) in [4.78, 5) is 2.25. The Morgan fingerprint density at radius 2 is 1.67 bits per heavy atom. The number of rotatable bonds is 6. The van der Waals surface area contributed by atoms with Gasteiger partial charge in [0.1, 0.15) is 5.75 Å². The fourth-order valence-corrected chi connectivity index (χ4v) is 1.69. The SMILES string of the molecule is CC(C)Oc1ccc(C(N)CN(C)C(C)C)cc1. The van der Waals surface area contributed by atoms with Crippen LogP contribution in [0.5, 0.6) is 5.75 Å². The van der Waals surface area contributed by atoms with Crippen molar-refractivity contribution in [2.24, 2.45) is 5.73 Å². The lowest BCUT2D eigenvalue weighted by Crippen LogP contribution is -2.33. The monoisotopic (exact) mass is 250 g/mol. The van der Waals surface area contributed by atoms with Gasteiger partial charge < -0.3 is 15.4 Å². The smallest absolute Gasteiger partial charge is 0.119 e. The van der Waals surface area contributed by atoms with E-state index in [0.29, 0.717) is 6.04 Å². The summed E-state index contributed by atoms with van der Waals surface area (Å²) in [6, 6.07) is 8.65. The average molecular weight is 250 g/mol. The first-order chi connectivity index (χ1) is 8.40. The van der Waals surface area contributed by atoms with Gasteiger partial charge in [0.2, 0.25) is 0 Å². The topological polar surface area (TPSA) is 38.5 Å². The van der Waals surface area contributed by atoms with Crippen molar-refractivity contribution in [2.45, 2.75) is 45.9 Å². The summed E-state index contributed by atoms with van der Waals surface area (Å²) in [5.74, 6) is 0.901. The van der Waals surface area contributed by atoms with Gasteiger partial charge in [-0.3, -0.25) is 0 Å². The highest BCUT2D eigenvalue weighted by Crippen LogP contribution is 2.18.